The lowest BCUT2D eigenvalue weighted by Gasteiger charge is -2.17. The maximum absolute atomic E-state index is 12.6. The molecular formula is C18H16Cl2N2O3. The zero-order valence-electron chi connectivity index (χ0n) is 13.4. The maximum Gasteiger partial charge on any atom is 0.240 e. The molecule has 3 rings (SSSR count). The molecule has 1 aliphatic carbocycles. The second kappa shape index (κ2) is 6.94. The number of hydrogen-bond acceptors (Lipinski definition) is 3. The normalized spacial score (nSPS) is 14.5. The summed E-state index contributed by atoms with van der Waals surface area (Å²) in [4.78, 5) is 25.3. The van der Waals surface area contributed by atoms with E-state index in [0.717, 1.165) is 0 Å². The SMILES string of the molecule is COc1cccc(NC(=O)C2(C(=O)Nc3c(Cl)cccc3Cl)CC2)c1. The van der Waals surface area contributed by atoms with Crippen LogP contribution in [0.1, 0.15) is 12.8 Å². The van der Waals surface area contributed by atoms with Gasteiger partial charge in [-0.05, 0) is 37.1 Å². The Morgan fingerprint density at radius 1 is 1.00 bits per heavy atom. The first-order chi connectivity index (χ1) is 12.0. The van der Waals surface area contributed by atoms with Gasteiger partial charge in [-0.1, -0.05) is 35.3 Å². The second-order valence-corrected chi connectivity index (χ2v) is 6.63. The lowest BCUT2D eigenvalue weighted by molar-refractivity contribution is -0.131. The molecule has 1 fully saturated rings. The molecule has 1 aliphatic rings. The van der Waals surface area contributed by atoms with E-state index in [4.69, 9.17) is 27.9 Å². The molecule has 0 aromatic heterocycles. The first-order valence-electron chi connectivity index (χ1n) is 7.67. The van der Waals surface area contributed by atoms with Crippen LogP contribution < -0.4 is 15.4 Å². The third-order valence-electron chi connectivity index (χ3n) is 4.15. The van der Waals surface area contributed by atoms with Gasteiger partial charge in [-0.15, -0.1) is 0 Å². The molecule has 0 spiro atoms. The maximum atomic E-state index is 12.6. The standard InChI is InChI=1S/C18H16Cl2N2O3/c1-25-12-5-2-4-11(10-12)21-16(23)18(8-9-18)17(24)22-15-13(19)6-3-7-14(15)20/h2-7,10H,8-9H2,1H3,(H,21,23)(H,22,24). The predicted molar refractivity (Wildman–Crippen MR) is 98.4 cm³/mol. The summed E-state index contributed by atoms with van der Waals surface area (Å²) in [5.74, 6) is -0.153. The van der Waals surface area contributed by atoms with Gasteiger partial charge in [0.15, 0.2) is 0 Å². The molecule has 0 aliphatic heterocycles. The lowest BCUT2D eigenvalue weighted by atomic mass is 10.0. The number of carbonyl (C=O) groups excluding carboxylic acids is 2. The zero-order valence-corrected chi connectivity index (χ0v) is 14.9. The molecule has 0 unspecified atom stereocenters. The second-order valence-electron chi connectivity index (χ2n) is 5.82. The Morgan fingerprint density at radius 3 is 2.20 bits per heavy atom. The molecule has 1 saturated carbocycles. The van der Waals surface area contributed by atoms with Crippen molar-refractivity contribution in [2.45, 2.75) is 12.8 Å². The van der Waals surface area contributed by atoms with Crippen molar-refractivity contribution in [1.29, 1.82) is 0 Å². The molecule has 0 atom stereocenters. The monoisotopic (exact) mass is 378 g/mol. The Kier molecular flexibility index (Phi) is 4.88. The van der Waals surface area contributed by atoms with E-state index in [2.05, 4.69) is 10.6 Å². The number of ether oxygens (including phenoxy) is 1. The van der Waals surface area contributed by atoms with Gasteiger partial charge < -0.3 is 15.4 Å². The minimum Gasteiger partial charge on any atom is -0.497 e. The van der Waals surface area contributed by atoms with E-state index in [1.807, 2.05) is 0 Å². The van der Waals surface area contributed by atoms with Crippen molar-refractivity contribution < 1.29 is 14.3 Å². The zero-order chi connectivity index (χ0) is 18.0. The molecule has 2 aromatic carbocycles. The van der Waals surface area contributed by atoms with Crippen molar-refractivity contribution >= 4 is 46.4 Å². The quantitative estimate of drug-likeness (QED) is 0.759. The number of amides is 2. The van der Waals surface area contributed by atoms with E-state index in [-0.39, 0.29) is 5.91 Å². The number of rotatable bonds is 5. The Morgan fingerprint density at radius 2 is 1.60 bits per heavy atom. The molecule has 2 aromatic rings. The van der Waals surface area contributed by atoms with Gasteiger partial charge in [0.25, 0.3) is 0 Å². The topological polar surface area (TPSA) is 67.4 Å². The first-order valence-corrected chi connectivity index (χ1v) is 8.43. The number of benzene rings is 2. The fourth-order valence-corrected chi connectivity index (χ4v) is 2.98. The van der Waals surface area contributed by atoms with E-state index in [1.165, 1.54) is 0 Å². The van der Waals surface area contributed by atoms with Crippen LogP contribution in [0.15, 0.2) is 42.5 Å². The Labute approximate surface area is 155 Å². The third kappa shape index (κ3) is 3.57. The van der Waals surface area contributed by atoms with Gasteiger partial charge in [-0.25, -0.2) is 0 Å². The van der Waals surface area contributed by atoms with Crippen LogP contribution in [-0.2, 0) is 9.59 Å². The van der Waals surface area contributed by atoms with Crippen LogP contribution in [0.5, 0.6) is 5.75 Å². The van der Waals surface area contributed by atoms with E-state index >= 15 is 0 Å². The van der Waals surface area contributed by atoms with Crippen LogP contribution in [0, 0.1) is 5.41 Å². The summed E-state index contributed by atoms with van der Waals surface area (Å²) in [6.45, 7) is 0. The molecule has 130 valence electrons. The fraction of sp³-hybridized carbons (Fsp3) is 0.222. The molecular weight excluding hydrogens is 363 g/mol. The average Bonchev–Trinajstić information content (AvgIpc) is 3.40. The van der Waals surface area contributed by atoms with Crippen LogP contribution in [0.4, 0.5) is 11.4 Å². The molecule has 5 nitrogen and oxygen atoms in total. The highest BCUT2D eigenvalue weighted by atomic mass is 35.5. The Bertz CT molecular complexity index is 815. The van der Waals surface area contributed by atoms with Gasteiger partial charge in [-0.3, -0.25) is 9.59 Å². The number of hydrogen-bond donors (Lipinski definition) is 2. The highest BCUT2D eigenvalue weighted by molar-refractivity contribution is 6.40. The van der Waals surface area contributed by atoms with Crippen molar-refractivity contribution in [1.82, 2.24) is 0 Å². The van der Waals surface area contributed by atoms with Crippen molar-refractivity contribution in [3.8, 4) is 5.75 Å². The summed E-state index contributed by atoms with van der Waals surface area (Å²) < 4.78 is 5.13. The fourth-order valence-electron chi connectivity index (χ4n) is 2.48. The van der Waals surface area contributed by atoms with Crippen molar-refractivity contribution in [3.63, 3.8) is 0 Å². The lowest BCUT2D eigenvalue weighted by Crippen LogP contribution is -2.35. The van der Waals surface area contributed by atoms with E-state index in [0.29, 0.717) is 40.0 Å². The minimum atomic E-state index is -1.11. The predicted octanol–water partition coefficient (Wildman–Crippen LogP) is 4.36. The summed E-state index contributed by atoms with van der Waals surface area (Å²) in [6.07, 6.45) is 0.938. The van der Waals surface area contributed by atoms with E-state index in [1.54, 1.807) is 49.6 Å². The van der Waals surface area contributed by atoms with Crippen LogP contribution in [0.3, 0.4) is 0 Å². The van der Waals surface area contributed by atoms with E-state index < -0.39 is 11.3 Å². The molecule has 0 saturated heterocycles. The molecule has 0 heterocycles. The number of para-hydroxylation sites is 1. The van der Waals surface area contributed by atoms with Gasteiger partial charge in [0.05, 0.1) is 22.8 Å². The summed E-state index contributed by atoms with van der Waals surface area (Å²) >= 11 is 12.1. The van der Waals surface area contributed by atoms with E-state index in [9.17, 15) is 9.59 Å². The number of nitrogens with one attached hydrogen (secondary N) is 2. The Balaban J connectivity index is 1.74. The van der Waals surface area contributed by atoms with Gasteiger partial charge in [0, 0.05) is 11.8 Å². The largest absolute Gasteiger partial charge is 0.497 e. The highest BCUT2D eigenvalue weighted by Gasteiger charge is 2.56. The van der Waals surface area contributed by atoms with Gasteiger partial charge in [-0.2, -0.15) is 0 Å². The van der Waals surface area contributed by atoms with Crippen molar-refractivity contribution in [2.75, 3.05) is 17.7 Å². The molecule has 0 bridgehead atoms. The molecule has 7 heteroatoms. The number of halogens is 2. The van der Waals surface area contributed by atoms with Crippen molar-refractivity contribution in [2.24, 2.45) is 5.41 Å². The third-order valence-corrected chi connectivity index (χ3v) is 4.78. The van der Waals surface area contributed by atoms with Crippen LogP contribution in [0.2, 0.25) is 10.0 Å². The van der Waals surface area contributed by atoms with Crippen LogP contribution >= 0.6 is 23.2 Å². The number of anilines is 2. The van der Waals surface area contributed by atoms with Crippen LogP contribution in [0.25, 0.3) is 0 Å². The molecule has 2 amide bonds. The summed E-state index contributed by atoms with van der Waals surface area (Å²) in [7, 11) is 1.55. The smallest absolute Gasteiger partial charge is 0.240 e. The highest BCUT2D eigenvalue weighted by Crippen LogP contribution is 2.48. The summed E-state index contributed by atoms with van der Waals surface area (Å²) in [6, 6.07) is 11.9. The van der Waals surface area contributed by atoms with Crippen LogP contribution in [-0.4, -0.2) is 18.9 Å². The van der Waals surface area contributed by atoms with Gasteiger partial charge >= 0.3 is 0 Å². The first kappa shape index (κ1) is 17.6. The molecule has 0 radical (unpaired) electrons. The van der Waals surface area contributed by atoms with Crippen molar-refractivity contribution in [3.05, 3.63) is 52.5 Å². The van der Waals surface area contributed by atoms with Gasteiger partial charge in [0.1, 0.15) is 11.2 Å². The minimum absolute atomic E-state index is 0.316. The molecule has 2 N–H and O–H groups in total. The van der Waals surface area contributed by atoms with Gasteiger partial charge in [0.2, 0.25) is 11.8 Å². The number of methoxy groups -OCH3 is 1. The molecule has 25 heavy (non-hydrogen) atoms. The average molecular weight is 379 g/mol. The Hall–Kier alpha value is -2.24. The summed E-state index contributed by atoms with van der Waals surface area (Å²) in [5.41, 5.74) is -0.221. The number of carbonyl (C=O) groups is 2. The summed E-state index contributed by atoms with van der Waals surface area (Å²) in [5, 5.41) is 6.10.